The van der Waals surface area contributed by atoms with Crippen molar-refractivity contribution >= 4 is 23.4 Å². The maximum Gasteiger partial charge on any atom is 0.276 e. The van der Waals surface area contributed by atoms with Crippen molar-refractivity contribution in [1.82, 2.24) is 10.9 Å². The summed E-state index contributed by atoms with van der Waals surface area (Å²) in [4.78, 5) is 23.4. The molecular formula is C16H11ClFN3O3. The van der Waals surface area contributed by atoms with Gasteiger partial charge in [-0.05, 0) is 42.5 Å². The Morgan fingerprint density at radius 3 is 2.50 bits per heavy atom. The number of hydrogen-bond acceptors (Lipinski definition) is 4. The number of carbonyl (C=O) groups is 2. The number of hydrazine groups is 1. The second-order valence-corrected chi connectivity index (χ2v) is 4.96. The van der Waals surface area contributed by atoms with Gasteiger partial charge in [0, 0.05) is 0 Å². The molecule has 2 aromatic rings. The molecule has 0 saturated heterocycles. The summed E-state index contributed by atoms with van der Waals surface area (Å²) in [7, 11) is 0. The molecule has 0 fully saturated rings. The zero-order valence-corrected chi connectivity index (χ0v) is 12.9. The summed E-state index contributed by atoms with van der Waals surface area (Å²) >= 11 is 5.74. The van der Waals surface area contributed by atoms with Crippen molar-refractivity contribution in [3.8, 4) is 11.8 Å². The molecule has 0 aliphatic heterocycles. The van der Waals surface area contributed by atoms with Crippen LogP contribution in [0.25, 0.3) is 0 Å². The van der Waals surface area contributed by atoms with Crippen LogP contribution >= 0.6 is 11.6 Å². The Labute approximate surface area is 141 Å². The van der Waals surface area contributed by atoms with Gasteiger partial charge < -0.3 is 4.74 Å². The van der Waals surface area contributed by atoms with Crippen LogP contribution < -0.4 is 15.6 Å². The van der Waals surface area contributed by atoms with E-state index in [1.807, 2.05) is 6.07 Å². The third-order valence-electron chi connectivity index (χ3n) is 2.84. The Morgan fingerprint density at radius 1 is 1.17 bits per heavy atom. The van der Waals surface area contributed by atoms with Gasteiger partial charge in [-0.25, -0.2) is 4.39 Å². The molecular weight excluding hydrogens is 337 g/mol. The molecule has 8 heteroatoms. The van der Waals surface area contributed by atoms with Crippen LogP contribution in [0, 0.1) is 17.1 Å². The number of nitrogens with one attached hydrogen (secondary N) is 2. The summed E-state index contributed by atoms with van der Waals surface area (Å²) in [6.07, 6.45) is 0. The lowest BCUT2D eigenvalue weighted by Gasteiger charge is -2.09. The fourth-order valence-corrected chi connectivity index (χ4v) is 1.93. The van der Waals surface area contributed by atoms with Crippen molar-refractivity contribution in [2.45, 2.75) is 0 Å². The summed E-state index contributed by atoms with van der Waals surface area (Å²) in [6.45, 7) is -0.344. The van der Waals surface area contributed by atoms with E-state index < -0.39 is 17.6 Å². The molecule has 2 aromatic carbocycles. The lowest BCUT2D eigenvalue weighted by atomic mass is 10.2. The largest absolute Gasteiger partial charge is 0.484 e. The Morgan fingerprint density at radius 2 is 1.88 bits per heavy atom. The highest BCUT2D eigenvalue weighted by Gasteiger charge is 2.12. The molecule has 6 nitrogen and oxygen atoms in total. The Kier molecular flexibility index (Phi) is 5.71. The number of benzene rings is 2. The van der Waals surface area contributed by atoms with Crippen LogP contribution in [0.3, 0.4) is 0 Å². The van der Waals surface area contributed by atoms with E-state index in [1.165, 1.54) is 6.07 Å². The van der Waals surface area contributed by atoms with Gasteiger partial charge in [-0.2, -0.15) is 5.26 Å². The second kappa shape index (κ2) is 7.94. The zero-order chi connectivity index (χ0) is 17.5. The minimum absolute atomic E-state index is 0.0198. The highest BCUT2D eigenvalue weighted by atomic mass is 35.5. The van der Waals surface area contributed by atoms with Crippen LogP contribution in [0.1, 0.15) is 15.9 Å². The summed E-state index contributed by atoms with van der Waals surface area (Å²) in [6, 6.07) is 11.4. The maximum atomic E-state index is 12.9. The van der Waals surface area contributed by atoms with Gasteiger partial charge in [0.25, 0.3) is 11.8 Å². The standard InChI is InChI=1S/C16H11ClFN3O3/c17-14-7-11(18)3-6-13(14)16(23)21-20-15(22)9-24-12-4-1-10(8-19)2-5-12/h1-7H,9H2,(H,20,22)(H,21,23). The molecule has 2 rings (SSSR count). The lowest BCUT2D eigenvalue weighted by Crippen LogP contribution is -2.43. The SMILES string of the molecule is N#Cc1ccc(OCC(=O)NNC(=O)c2ccc(F)cc2Cl)cc1. The third kappa shape index (κ3) is 4.69. The number of amides is 2. The van der Waals surface area contributed by atoms with Gasteiger partial charge in [-0.1, -0.05) is 11.6 Å². The van der Waals surface area contributed by atoms with Crippen LogP contribution in [-0.4, -0.2) is 18.4 Å². The van der Waals surface area contributed by atoms with Gasteiger partial charge in [-0.15, -0.1) is 0 Å². The quantitative estimate of drug-likeness (QED) is 0.829. The average Bonchev–Trinajstić information content (AvgIpc) is 2.58. The molecule has 2 amide bonds. The predicted molar refractivity (Wildman–Crippen MR) is 83.7 cm³/mol. The predicted octanol–water partition coefficient (Wildman–Crippen LogP) is 2.19. The van der Waals surface area contributed by atoms with Crippen molar-refractivity contribution in [2.24, 2.45) is 0 Å². The topological polar surface area (TPSA) is 91.2 Å². The summed E-state index contributed by atoms with van der Waals surface area (Å²) in [5.74, 6) is -1.47. The van der Waals surface area contributed by atoms with E-state index >= 15 is 0 Å². The molecule has 0 aliphatic rings. The van der Waals surface area contributed by atoms with Crippen LogP contribution in [0.5, 0.6) is 5.75 Å². The van der Waals surface area contributed by atoms with Crippen molar-refractivity contribution in [1.29, 1.82) is 5.26 Å². The van der Waals surface area contributed by atoms with Crippen LogP contribution in [0.2, 0.25) is 5.02 Å². The van der Waals surface area contributed by atoms with E-state index in [2.05, 4.69) is 10.9 Å². The van der Waals surface area contributed by atoms with Gasteiger partial charge in [0.2, 0.25) is 0 Å². The van der Waals surface area contributed by atoms with Crippen molar-refractivity contribution in [3.63, 3.8) is 0 Å². The van der Waals surface area contributed by atoms with Crippen LogP contribution in [0.15, 0.2) is 42.5 Å². The first-order chi connectivity index (χ1) is 11.5. The lowest BCUT2D eigenvalue weighted by molar-refractivity contribution is -0.123. The number of halogens is 2. The summed E-state index contributed by atoms with van der Waals surface area (Å²) < 4.78 is 18.1. The molecule has 0 unspecified atom stereocenters. The normalized spacial score (nSPS) is 9.71. The number of carbonyl (C=O) groups excluding carboxylic acids is 2. The number of nitriles is 1. The first-order valence-corrected chi connectivity index (χ1v) is 7.04. The molecule has 0 atom stereocenters. The molecule has 24 heavy (non-hydrogen) atoms. The number of nitrogens with zero attached hydrogens (tertiary/aromatic N) is 1. The number of rotatable bonds is 4. The summed E-state index contributed by atoms with van der Waals surface area (Å²) in [5, 5.41) is 8.60. The Balaban J connectivity index is 1.82. The number of ether oxygens (including phenoxy) is 1. The molecule has 122 valence electrons. The minimum Gasteiger partial charge on any atom is -0.484 e. The highest BCUT2D eigenvalue weighted by molar-refractivity contribution is 6.33. The van der Waals surface area contributed by atoms with E-state index in [1.54, 1.807) is 24.3 Å². The summed E-state index contributed by atoms with van der Waals surface area (Å²) in [5.41, 5.74) is 4.78. The monoisotopic (exact) mass is 347 g/mol. The van der Waals surface area contributed by atoms with Gasteiger partial charge >= 0.3 is 0 Å². The smallest absolute Gasteiger partial charge is 0.276 e. The van der Waals surface area contributed by atoms with Gasteiger partial charge in [0.1, 0.15) is 11.6 Å². The first kappa shape index (κ1) is 17.2. The Hall–Kier alpha value is -3.11. The van der Waals surface area contributed by atoms with E-state index in [0.717, 1.165) is 12.1 Å². The first-order valence-electron chi connectivity index (χ1n) is 6.67. The van der Waals surface area contributed by atoms with Crippen LogP contribution in [-0.2, 0) is 4.79 Å². The van der Waals surface area contributed by atoms with Crippen LogP contribution in [0.4, 0.5) is 4.39 Å². The third-order valence-corrected chi connectivity index (χ3v) is 3.16. The maximum absolute atomic E-state index is 12.9. The molecule has 0 heterocycles. The average molecular weight is 348 g/mol. The molecule has 0 aromatic heterocycles. The zero-order valence-electron chi connectivity index (χ0n) is 12.2. The van der Waals surface area contributed by atoms with Crippen molar-refractivity contribution in [3.05, 3.63) is 64.4 Å². The van der Waals surface area contributed by atoms with E-state index in [0.29, 0.717) is 11.3 Å². The Bertz CT molecular complexity index is 803. The van der Waals surface area contributed by atoms with E-state index in [9.17, 15) is 14.0 Å². The molecule has 0 saturated carbocycles. The number of hydrogen-bond donors (Lipinski definition) is 2. The molecule has 2 N–H and O–H groups in total. The highest BCUT2D eigenvalue weighted by Crippen LogP contribution is 2.16. The minimum atomic E-state index is -0.688. The molecule has 0 spiro atoms. The fourth-order valence-electron chi connectivity index (χ4n) is 1.68. The van der Waals surface area contributed by atoms with Crippen molar-refractivity contribution in [2.75, 3.05) is 6.61 Å². The molecule has 0 radical (unpaired) electrons. The van der Waals surface area contributed by atoms with Gasteiger partial charge in [-0.3, -0.25) is 20.4 Å². The van der Waals surface area contributed by atoms with Gasteiger partial charge in [0.15, 0.2) is 6.61 Å². The van der Waals surface area contributed by atoms with E-state index in [4.69, 9.17) is 21.6 Å². The van der Waals surface area contributed by atoms with Crippen molar-refractivity contribution < 1.29 is 18.7 Å². The fraction of sp³-hybridized carbons (Fsp3) is 0.0625. The van der Waals surface area contributed by atoms with E-state index in [-0.39, 0.29) is 17.2 Å². The van der Waals surface area contributed by atoms with Gasteiger partial charge in [0.05, 0.1) is 22.2 Å². The second-order valence-electron chi connectivity index (χ2n) is 4.55. The molecule has 0 bridgehead atoms. The molecule has 0 aliphatic carbocycles.